The second-order valence-corrected chi connectivity index (χ2v) is 3.43. The van der Waals surface area contributed by atoms with Crippen LogP contribution in [-0.2, 0) is 9.53 Å². The predicted octanol–water partition coefficient (Wildman–Crippen LogP) is 0.657. The number of rotatable bonds is 8. The summed E-state index contributed by atoms with van der Waals surface area (Å²) in [5.74, 6) is 0.103. The van der Waals surface area contributed by atoms with E-state index in [0.29, 0.717) is 13.0 Å². The van der Waals surface area contributed by atoms with E-state index < -0.39 is 0 Å². The van der Waals surface area contributed by atoms with Gasteiger partial charge in [0.2, 0.25) is 5.91 Å². The highest BCUT2D eigenvalue weighted by Gasteiger charge is 2.04. The zero-order chi connectivity index (χ0) is 10.8. The molecule has 3 N–H and O–H groups in total. The molecular formula is C10H22N2O2. The van der Waals surface area contributed by atoms with Gasteiger partial charge in [-0.3, -0.25) is 4.79 Å². The van der Waals surface area contributed by atoms with Crippen molar-refractivity contribution in [1.82, 2.24) is 5.32 Å². The monoisotopic (exact) mass is 202 g/mol. The van der Waals surface area contributed by atoms with E-state index in [0.717, 1.165) is 25.8 Å². The minimum Gasteiger partial charge on any atom is -0.382 e. The summed E-state index contributed by atoms with van der Waals surface area (Å²) in [6.07, 6.45) is 3.40. The molecule has 0 aliphatic rings. The summed E-state index contributed by atoms with van der Waals surface area (Å²) in [5.41, 5.74) is 5.33. The van der Waals surface area contributed by atoms with E-state index in [1.54, 1.807) is 7.11 Å². The fraction of sp³-hybridized carbons (Fsp3) is 0.900. The van der Waals surface area contributed by atoms with E-state index in [9.17, 15) is 4.79 Å². The van der Waals surface area contributed by atoms with E-state index in [4.69, 9.17) is 10.5 Å². The molecule has 0 heterocycles. The lowest BCUT2D eigenvalue weighted by atomic mass is 10.2. The van der Waals surface area contributed by atoms with Crippen molar-refractivity contribution in [3.63, 3.8) is 0 Å². The summed E-state index contributed by atoms with van der Waals surface area (Å²) in [6.45, 7) is 3.38. The Bertz CT molecular complexity index is 151. The summed E-state index contributed by atoms with van der Waals surface area (Å²) in [6, 6.07) is 0. The molecule has 1 unspecified atom stereocenters. The first-order valence-electron chi connectivity index (χ1n) is 5.20. The van der Waals surface area contributed by atoms with Gasteiger partial charge in [-0.1, -0.05) is 0 Å². The highest BCUT2D eigenvalue weighted by molar-refractivity contribution is 5.75. The molecule has 1 amide bonds. The van der Waals surface area contributed by atoms with Crippen molar-refractivity contribution in [2.45, 2.75) is 38.7 Å². The van der Waals surface area contributed by atoms with Crippen LogP contribution in [0.1, 0.15) is 32.6 Å². The lowest BCUT2D eigenvalue weighted by Gasteiger charge is -2.09. The molecule has 0 spiro atoms. The molecule has 0 aliphatic heterocycles. The quantitative estimate of drug-likeness (QED) is 0.568. The maximum absolute atomic E-state index is 11.2. The van der Waals surface area contributed by atoms with Gasteiger partial charge in [-0.25, -0.2) is 0 Å². The number of unbranched alkanes of at least 4 members (excludes halogenated alkanes) is 1. The Morgan fingerprint density at radius 3 is 2.79 bits per heavy atom. The minimum absolute atomic E-state index is 0.103. The lowest BCUT2D eigenvalue weighted by molar-refractivity contribution is -0.121. The van der Waals surface area contributed by atoms with Crippen LogP contribution in [0.15, 0.2) is 0 Å². The van der Waals surface area contributed by atoms with Gasteiger partial charge in [0.05, 0.1) is 6.10 Å². The Labute approximate surface area is 86.2 Å². The van der Waals surface area contributed by atoms with Gasteiger partial charge in [-0.2, -0.15) is 0 Å². The normalized spacial score (nSPS) is 12.5. The van der Waals surface area contributed by atoms with Crippen LogP contribution >= 0.6 is 0 Å². The predicted molar refractivity (Wildman–Crippen MR) is 57.0 cm³/mol. The number of hydrogen-bond donors (Lipinski definition) is 2. The smallest absolute Gasteiger partial charge is 0.220 e. The SMILES string of the molecule is COC(C)CCC(=O)NCCCCN. The van der Waals surface area contributed by atoms with Crippen LogP contribution in [0.5, 0.6) is 0 Å². The fourth-order valence-electron chi connectivity index (χ4n) is 1.04. The second kappa shape index (κ2) is 8.97. The number of amides is 1. The maximum atomic E-state index is 11.2. The van der Waals surface area contributed by atoms with E-state index in [1.807, 2.05) is 6.92 Å². The molecule has 14 heavy (non-hydrogen) atoms. The summed E-state index contributed by atoms with van der Waals surface area (Å²) in [5, 5.41) is 2.85. The first-order valence-corrected chi connectivity index (χ1v) is 5.20. The first-order chi connectivity index (χ1) is 6.70. The molecule has 0 saturated carbocycles. The molecular weight excluding hydrogens is 180 g/mol. The number of methoxy groups -OCH3 is 1. The van der Waals surface area contributed by atoms with Gasteiger partial charge in [0.1, 0.15) is 0 Å². The van der Waals surface area contributed by atoms with Gasteiger partial charge < -0.3 is 15.8 Å². The van der Waals surface area contributed by atoms with Crippen LogP contribution in [0.2, 0.25) is 0 Å². The standard InChI is InChI=1S/C10H22N2O2/c1-9(14-2)5-6-10(13)12-8-4-3-7-11/h9H,3-8,11H2,1-2H3,(H,12,13). The molecule has 0 aromatic heterocycles. The van der Waals surface area contributed by atoms with Crippen LogP contribution in [0.25, 0.3) is 0 Å². The van der Waals surface area contributed by atoms with Crippen LogP contribution in [0.3, 0.4) is 0 Å². The number of carbonyl (C=O) groups is 1. The third kappa shape index (κ3) is 8.01. The molecule has 1 atom stereocenters. The number of ether oxygens (including phenoxy) is 1. The third-order valence-electron chi connectivity index (χ3n) is 2.13. The van der Waals surface area contributed by atoms with E-state index in [1.165, 1.54) is 0 Å². The van der Waals surface area contributed by atoms with Crippen molar-refractivity contribution in [1.29, 1.82) is 0 Å². The number of hydrogen-bond acceptors (Lipinski definition) is 3. The molecule has 4 nitrogen and oxygen atoms in total. The van der Waals surface area contributed by atoms with Crippen LogP contribution in [0, 0.1) is 0 Å². The van der Waals surface area contributed by atoms with E-state index in [-0.39, 0.29) is 12.0 Å². The molecule has 0 rings (SSSR count). The summed E-state index contributed by atoms with van der Waals surface area (Å²) in [7, 11) is 1.66. The Hall–Kier alpha value is -0.610. The zero-order valence-corrected chi connectivity index (χ0v) is 9.21. The van der Waals surface area contributed by atoms with E-state index in [2.05, 4.69) is 5.32 Å². The summed E-state index contributed by atoms with van der Waals surface area (Å²) >= 11 is 0. The number of nitrogens with one attached hydrogen (secondary N) is 1. The second-order valence-electron chi connectivity index (χ2n) is 3.43. The van der Waals surface area contributed by atoms with Crippen molar-refractivity contribution in [2.24, 2.45) is 5.73 Å². The lowest BCUT2D eigenvalue weighted by Crippen LogP contribution is -2.25. The third-order valence-corrected chi connectivity index (χ3v) is 2.13. The van der Waals surface area contributed by atoms with Gasteiger partial charge in [-0.05, 0) is 32.7 Å². The Balaban J connectivity index is 3.28. The molecule has 4 heteroatoms. The van der Waals surface area contributed by atoms with Crippen molar-refractivity contribution in [3.8, 4) is 0 Å². The Morgan fingerprint density at radius 2 is 2.21 bits per heavy atom. The van der Waals surface area contributed by atoms with Crippen LogP contribution in [-0.4, -0.2) is 32.2 Å². The molecule has 0 fully saturated rings. The number of carbonyl (C=O) groups excluding carboxylic acids is 1. The molecule has 0 bridgehead atoms. The van der Waals surface area contributed by atoms with Crippen LogP contribution < -0.4 is 11.1 Å². The highest BCUT2D eigenvalue weighted by Crippen LogP contribution is 1.99. The zero-order valence-electron chi connectivity index (χ0n) is 9.21. The molecule has 0 saturated heterocycles. The average Bonchev–Trinajstić information content (AvgIpc) is 2.21. The fourth-order valence-corrected chi connectivity index (χ4v) is 1.04. The van der Waals surface area contributed by atoms with Gasteiger partial charge in [0.15, 0.2) is 0 Å². The average molecular weight is 202 g/mol. The van der Waals surface area contributed by atoms with Crippen molar-refractivity contribution in [2.75, 3.05) is 20.2 Å². The topological polar surface area (TPSA) is 64.3 Å². The first kappa shape index (κ1) is 13.4. The number of nitrogens with two attached hydrogens (primary N) is 1. The van der Waals surface area contributed by atoms with Gasteiger partial charge >= 0.3 is 0 Å². The van der Waals surface area contributed by atoms with Crippen molar-refractivity contribution >= 4 is 5.91 Å². The largest absolute Gasteiger partial charge is 0.382 e. The van der Waals surface area contributed by atoms with Gasteiger partial charge in [0, 0.05) is 20.1 Å². The summed E-state index contributed by atoms with van der Waals surface area (Å²) in [4.78, 5) is 11.2. The molecule has 0 aliphatic carbocycles. The molecule has 0 aromatic rings. The Kier molecular flexibility index (Phi) is 8.57. The van der Waals surface area contributed by atoms with Crippen molar-refractivity contribution < 1.29 is 9.53 Å². The molecule has 84 valence electrons. The Morgan fingerprint density at radius 1 is 1.50 bits per heavy atom. The van der Waals surface area contributed by atoms with Crippen LogP contribution in [0.4, 0.5) is 0 Å². The van der Waals surface area contributed by atoms with Gasteiger partial charge in [-0.15, -0.1) is 0 Å². The minimum atomic E-state index is 0.103. The maximum Gasteiger partial charge on any atom is 0.220 e. The molecule has 0 aromatic carbocycles. The molecule has 0 radical (unpaired) electrons. The van der Waals surface area contributed by atoms with Crippen molar-refractivity contribution in [3.05, 3.63) is 0 Å². The summed E-state index contributed by atoms with van der Waals surface area (Å²) < 4.78 is 5.05. The van der Waals surface area contributed by atoms with Gasteiger partial charge in [0.25, 0.3) is 0 Å². The highest BCUT2D eigenvalue weighted by atomic mass is 16.5. The van der Waals surface area contributed by atoms with E-state index >= 15 is 0 Å².